The van der Waals surface area contributed by atoms with Crippen molar-refractivity contribution in [1.29, 1.82) is 0 Å². The minimum atomic E-state index is -4.22. The number of halogens is 1. The number of carbonyl (C=O) groups is 2. The summed E-state index contributed by atoms with van der Waals surface area (Å²) < 4.78 is 29.3. The van der Waals surface area contributed by atoms with Crippen molar-refractivity contribution in [2.45, 2.75) is 51.1 Å². The summed E-state index contributed by atoms with van der Waals surface area (Å²) in [5.74, 6) is -0.834. The zero-order chi connectivity index (χ0) is 31.7. The third-order valence-corrected chi connectivity index (χ3v) is 9.52. The number of amides is 2. The summed E-state index contributed by atoms with van der Waals surface area (Å²) in [5.41, 5.74) is 3.76. The lowest BCUT2D eigenvalue weighted by molar-refractivity contribution is -0.140. The van der Waals surface area contributed by atoms with Crippen LogP contribution in [0.2, 0.25) is 5.02 Å². The van der Waals surface area contributed by atoms with Crippen LogP contribution in [-0.4, -0.2) is 44.3 Å². The Bertz CT molecular complexity index is 1680. The number of anilines is 1. The Kier molecular flexibility index (Phi) is 11.2. The molecular weight excluding hydrogens is 594 g/mol. The van der Waals surface area contributed by atoms with Crippen molar-refractivity contribution in [2.24, 2.45) is 0 Å². The van der Waals surface area contributed by atoms with Crippen molar-refractivity contribution >= 4 is 39.1 Å². The number of aryl methyl sites for hydroxylation is 2. The molecule has 0 spiro atoms. The second-order valence-electron chi connectivity index (χ2n) is 10.7. The molecule has 1 atom stereocenters. The molecule has 0 radical (unpaired) electrons. The average Bonchev–Trinajstić information content (AvgIpc) is 3.02. The van der Waals surface area contributed by atoms with Crippen LogP contribution in [0.3, 0.4) is 0 Å². The molecule has 44 heavy (non-hydrogen) atoms. The van der Waals surface area contributed by atoms with Crippen LogP contribution in [-0.2, 0) is 32.6 Å². The van der Waals surface area contributed by atoms with E-state index in [2.05, 4.69) is 5.32 Å². The maximum absolute atomic E-state index is 14.5. The summed E-state index contributed by atoms with van der Waals surface area (Å²) in [5, 5.41) is 3.14. The molecule has 0 fully saturated rings. The fourth-order valence-corrected chi connectivity index (χ4v) is 6.62. The number of carbonyl (C=O) groups excluding carboxylic acids is 2. The Hall–Kier alpha value is -4.14. The lowest BCUT2D eigenvalue weighted by Gasteiger charge is -2.34. The molecule has 0 heterocycles. The normalized spacial score (nSPS) is 11.9. The van der Waals surface area contributed by atoms with Crippen molar-refractivity contribution in [1.82, 2.24) is 10.2 Å². The van der Waals surface area contributed by atoms with E-state index in [0.717, 1.165) is 33.0 Å². The van der Waals surface area contributed by atoms with Crippen LogP contribution in [0.1, 0.15) is 35.6 Å². The number of hydrogen-bond acceptors (Lipinski definition) is 4. The predicted octanol–water partition coefficient (Wildman–Crippen LogP) is 6.32. The molecule has 1 N–H and O–H groups in total. The number of nitrogens with one attached hydrogen (secondary N) is 1. The highest BCUT2D eigenvalue weighted by Gasteiger charge is 2.35. The van der Waals surface area contributed by atoms with E-state index < -0.39 is 28.5 Å². The number of benzene rings is 4. The number of sulfonamides is 1. The van der Waals surface area contributed by atoms with Gasteiger partial charge in [-0.15, -0.1) is 0 Å². The highest BCUT2D eigenvalue weighted by molar-refractivity contribution is 7.92. The smallest absolute Gasteiger partial charge is 0.264 e. The summed E-state index contributed by atoms with van der Waals surface area (Å²) in [6.45, 7) is 5.77. The minimum absolute atomic E-state index is 0.0304. The molecule has 9 heteroatoms. The van der Waals surface area contributed by atoms with E-state index in [1.54, 1.807) is 36.4 Å². The van der Waals surface area contributed by atoms with Crippen LogP contribution in [0, 0.1) is 13.8 Å². The highest BCUT2D eigenvalue weighted by Crippen LogP contribution is 2.31. The molecule has 7 nitrogen and oxygen atoms in total. The zero-order valence-electron chi connectivity index (χ0n) is 25.2. The fraction of sp³-hybridized carbons (Fsp3) is 0.257. The van der Waals surface area contributed by atoms with E-state index in [-0.39, 0.29) is 34.5 Å². The number of rotatable bonds is 13. The standard InChI is InChI=1S/C35H38ClN3O4S/c1-4-22-37-35(41)33(23-28-13-6-5-7-14-28)38(24-29-15-9-8-12-27(29)3)34(40)25-39(32-17-11-10-16-31(32)36)44(42,43)30-20-18-26(2)19-21-30/h5-21,33H,4,22-25H2,1-3H3,(H,37,41)/t33-/m1/s1. The summed E-state index contributed by atoms with van der Waals surface area (Å²) >= 11 is 6.53. The van der Waals surface area contributed by atoms with Crippen LogP contribution in [0.5, 0.6) is 0 Å². The first-order valence-corrected chi connectivity index (χ1v) is 16.4. The van der Waals surface area contributed by atoms with Gasteiger partial charge in [0.15, 0.2) is 0 Å². The first-order valence-electron chi connectivity index (χ1n) is 14.6. The van der Waals surface area contributed by atoms with E-state index in [4.69, 9.17) is 11.6 Å². The Morgan fingerprint density at radius 3 is 2.14 bits per heavy atom. The molecule has 0 saturated carbocycles. The van der Waals surface area contributed by atoms with Gasteiger partial charge in [-0.05, 0) is 61.2 Å². The highest BCUT2D eigenvalue weighted by atomic mass is 35.5. The molecule has 4 aromatic rings. The SMILES string of the molecule is CCCNC(=O)[C@@H](Cc1ccccc1)N(Cc1ccccc1C)C(=O)CN(c1ccccc1Cl)S(=O)(=O)c1ccc(C)cc1. The molecule has 0 bridgehead atoms. The maximum Gasteiger partial charge on any atom is 0.264 e. The second kappa shape index (κ2) is 15.0. The lowest BCUT2D eigenvalue weighted by atomic mass is 10.0. The van der Waals surface area contributed by atoms with Gasteiger partial charge in [0, 0.05) is 19.5 Å². The topological polar surface area (TPSA) is 86.8 Å². The first kappa shape index (κ1) is 32.8. The molecule has 2 amide bonds. The minimum Gasteiger partial charge on any atom is -0.354 e. The summed E-state index contributed by atoms with van der Waals surface area (Å²) in [7, 11) is -4.22. The first-order chi connectivity index (χ1) is 21.1. The maximum atomic E-state index is 14.5. The van der Waals surface area contributed by atoms with Gasteiger partial charge in [-0.2, -0.15) is 0 Å². The fourth-order valence-electron chi connectivity index (χ4n) is 4.90. The molecule has 0 aliphatic rings. The van der Waals surface area contributed by atoms with Crippen LogP contribution >= 0.6 is 11.6 Å². The molecule has 0 unspecified atom stereocenters. The quantitative estimate of drug-likeness (QED) is 0.187. The van der Waals surface area contributed by atoms with Gasteiger partial charge in [-0.25, -0.2) is 8.42 Å². The van der Waals surface area contributed by atoms with Crippen molar-refractivity contribution in [2.75, 3.05) is 17.4 Å². The van der Waals surface area contributed by atoms with Gasteiger partial charge in [-0.1, -0.05) is 103 Å². The summed E-state index contributed by atoms with van der Waals surface area (Å²) in [6, 6.07) is 29.2. The van der Waals surface area contributed by atoms with Crippen LogP contribution in [0.4, 0.5) is 5.69 Å². The molecule has 4 aromatic carbocycles. The van der Waals surface area contributed by atoms with E-state index in [1.807, 2.05) is 75.4 Å². The van der Waals surface area contributed by atoms with E-state index in [1.165, 1.54) is 17.0 Å². The lowest BCUT2D eigenvalue weighted by Crippen LogP contribution is -2.53. The van der Waals surface area contributed by atoms with E-state index in [9.17, 15) is 18.0 Å². The Labute approximate surface area is 265 Å². The van der Waals surface area contributed by atoms with Gasteiger partial charge in [0.2, 0.25) is 11.8 Å². The third-order valence-electron chi connectivity index (χ3n) is 7.43. The van der Waals surface area contributed by atoms with Gasteiger partial charge >= 0.3 is 0 Å². The molecule has 0 aliphatic carbocycles. The van der Waals surface area contributed by atoms with E-state index in [0.29, 0.717) is 6.54 Å². The predicted molar refractivity (Wildman–Crippen MR) is 176 cm³/mol. The van der Waals surface area contributed by atoms with Crippen molar-refractivity contribution in [3.63, 3.8) is 0 Å². The Morgan fingerprint density at radius 2 is 1.48 bits per heavy atom. The van der Waals surface area contributed by atoms with Gasteiger partial charge in [0.25, 0.3) is 10.0 Å². The van der Waals surface area contributed by atoms with Crippen molar-refractivity contribution in [3.8, 4) is 0 Å². The monoisotopic (exact) mass is 631 g/mol. The summed E-state index contributed by atoms with van der Waals surface area (Å²) in [4.78, 5) is 29.7. The van der Waals surface area contributed by atoms with Gasteiger partial charge in [-0.3, -0.25) is 13.9 Å². The number of hydrogen-bond donors (Lipinski definition) is 1. The zero-order valence-corrected chi connectivity index (χ0v) is 26.8. The van der Waals surface area contributed by atoms with E-state index >= 15 is 0 Å². The van der Waals surface area contributed by atoms with Gasteiger partial charge in [0.05, 0.1) is 15.6 Å². The number of para-hydroxylation sites is 1. The average molecular weight is 632 g/mol. The second-order valence-corrected chi connectivity index (χ2v) is 13.0. The Morgan fingerprint density at radius 1 is 0.841 bits per heavy atom. The Balaban J connectivity index is 1.81. The van der Waals surface area contributed by atoms with Gasteiger partial charge in [0.1, 0.15) is 12.6 Å². The molecule has 4 rings (SSSR count). The number of nitrogens with zero attached hydrogens (tertiary/aromatic N) is 2. The van der Waals surface area contributed by atoms with Crippen LogP contribution in [0.25, 0.3) is 0 Å². The molecule has 0 aromatic heterocycles. The molecule has 230 valence electrons. The van der Waals surface area contributed by atoms with Crippen molar-refractivity contribution in [3.05, 3.63) is 130 Å². The largest absolute Gasteiger partial charge is 0.354 e. The molecule has 0 aliphatic heterocycles. The van der Waals surface area contributed by atoms with Crippen LogP contribution in [0.15, 0.2) is 108 Å². The molecule has 0 saturated heterocycles. The van der Waals surface area contributed by atoms with Crippen molar-refractivity contribution < 1.29 is 18.0 Å². The van der Waals surface area contributed by atoms with Gasteiger partial charge < -0.3 is 10.2 Å². The van der Waals surface area contributed by atoms with Crippen LogP contribution < -0.4 is 9.62 Å². The summed E-state index contributed by atoms with van der Waals surface area (Å²) in [6.07, 6.45) is 0.982. The molecular formula is C35H38ClN3O4S. The third kappa shape index (κ3) is 8.07.